The molecule has 0 bridgehead atoms. The molecule has 0 aromatic carbocycles. The van der Waals surface area contributed by atoms with Gasteiger partial charge in [0.05, 0.1) is 0 Å². The topological polar surface area (TPSA) is 48.3 Å². The Morgan fingerprint density at radius 2 is 2.20 bits per heavy atom. The average Bonchev–Trinajstić information content (AvgIpc) is 2.61. The SMILES string of the molecule is CCC(=O)CC(=O)OCc1ccn(C)c1. The maximum Gasteiger partial charge on any atom is 0.313 e. The molecule has 82 valence electrons. The number of aromatic nitrogens is 1. The Hall–Kier alpha value is -1.58. The molecule has 0 aliphatic rings. The van der Waals surface area contributed by atoms with Crippen LogP contribution in [-0.4, -0.2) is 16.3 Å². The van der Waals surface area contributed by atoms with E-state index in [1.54, 1.807) is 6.92 Å². The molecule has 1 rings (SSSR count). The zero-order chi connectivity index (χ0) is 11.3. The number of ether oxygens (including phenoxy) is 1. The predicted octanol–water partition coefficient (Wildman–Crippen LogP) is 1.44. The second-order valence-electron chi connectivity index (χ2n) is 3.41. The van der Waals surface area contributed by atoms with Crippen LogP contribution in [0.25, 0.3) is 0 Å². The maximum absolute atomic E-state index is 11.1. The number of esters is 1. The van der Waals surface area contributed by atoms with E-state index in [1.165, 1.54) is 0 Å². The van der Waals surface area contributed by atoms with Gasteiger partial charge in [-0.1, -0.05) is 6.92 Å². The molecule has 0 spiro atoms. The van der Waals surface area contributed by atoms with E-state index < -0.39 is 5.97 Å². The molecule has 0 amide bonds. The zero-order valence-electron chi connectivity index (χ0n) is 9.03. The molecule has 0 unspecified atom stereocenters. The summed E-state index contributed by atoms with van der Waals surface area (Å²) < 4.78 is 6.82. The molecule has 4 heteroatoms. The van der Waals surface area contributed by atoms with E-state index in [0.29, 0.717) is 6.42 Å². The van der Waals surface area contributed by atoms with Gasteiger partial charge in [0, 0.05) is 31.4 Å². The summed E-state index contributed by atoms with van der Waals surface area (Å²) in [5.74, 6) is -0.543. The monoisotopic (exact) mass is 209 g/mol. The van der Waals surface area contributed by atoms with Gasteiger partial charge in [-0.25, -0.2) is 0 Å². The van der Waals surface area contributed by atoms with Gasteiger partial charge in [0.1, 0.15) is 18.8 Å². The number of Topliss-reactive ketones (excluding diaryl/α,β-unsaturated/α-hetero) is 1. The number of hydrogen-bond donors (Lipinski definition) is 0. The molecule has 0 N–H and O–H groups in total. The molecule has 1 heterocycles. The Morgan fingerprint density at radius 3 is 2.73 bits per heavy atom. The van der Waals surface area contributed by atoms with Crippen LogP contribution in [0.2, 0.25) is 0 Å². The number of ketones is 1. The van der Waals surface area contributed by atoms with Crippen molar-refractivity contribution in [1.82, 2.24) is 4.57 Å². The first-order chi connectivity index (χ1) is 7.11. The summed E-state index contributed by atoms with van der Waals surface area (Å²) in [6.45, 7) is 1.96. The lowest BCUT2D eigenvalue weighted by molar-refractivity contribution is -0.147. The Morgan fingerprint density at radius 1 is 1.47 bits per heavy atom. The smallest absolute Gasteiger partial charge is 0.313 e. The van der Waals surface area contributed by atoms with Gasteiger partial charge in [0.15, 0.2) is 0 Å². The third-order valence-electron chi connectivity index (χ3n) is 2.03. The molecule has 0 saturated heterocycles. The number of carbonyl (C=O) groups is 2. The highest BCUT2D eigenvalue weighted by molar-refractivity contribution is 5.95. The summed E-state index contributed by atoms with van der Waals surface area (Å²) in [7, 11) is 1.89. The molecular formula is C11H15NO3. The summed E-state index contributed by atoms with van der Waals surface area (Å²) in [6, 6.07) is 1.87. The fourth-order valence-electron chi connectivity index (χ4n) is 1.15. The standard InChI is InChI=1S/C11H15NO3/c1-3-10(13)6-11(14)15-8-9-4-5-12(2)7-9/h4-5,7H,3,6,8H2,1-2H3. The van der Waals surface area contributed by atoms with Gasteiger partial charge in [-0.3, -0.25) is 9.59 Å². The molecule has 0 saturated carbocycles. The average molecular weight is 209 g/mol. The number of aryl methyl sites for hydroxylation is 1. The largest absolute Gasteiger partial charge is 0.460 e. The minimum atomic E-state index is -0.453. The zero-order valence-corrected chi connectivity index (χ0v) is 9.03. The Labute approximate surface area is 88.8 Å². The molecule has 4 nitrogen and oxygen atoms in total. The molecule has 15 heavy (non-hydrogen) atoms. The fourth-order valence-corrected chi connectivity index (χ4v) is 1.15. The van der Waals surface area contributed by atoms with Crippen LogP contribution < -0.4 is 0 Å². The third kappa shape index (κ3) is 3.97. The Balaban J connectivity index is 2.31. The van der Waals surface area contributed by atoms with E-state index >= 15 is 0 Å². The van der Waals surface area contributed by atoms with Crippen LogP contribution in [0.4, 0.5) is 0 Å². The molecule has 0 atom stereocenters. The highest BCUT2D eigenvalue weighted by atomic mass is 16.5. The van der Waals surface area contributed by atoms with Gasteiger partial charge < -0.3 is 9.30 Å². The first-order valence-corrected chi connectivity index (χ1v) is 4.90. The van der Waals surface area contributed by atoms with Crippen molar-refractivity contribution in [3.63, 3.8) is 0 Å². The molecule has 0 aliphatic heterocycles. The van der Waals surface area contributed by atoms with Crippen LogP contribution in [0.15, 0.2) is 18.5 Å². The molecular weight excluding hydrogens is 194 g/mol. The van der Waals surface area contributed by atoms with Crippen LogP contribution in [0.5, 0.6) is 0 Å². The van der Waals surface area contributed by atoms with Gasteiger partial charge >= 0.3 is 5.97 Å². The third-order valence-corrected chi connectivity index (χ3v) is 2.03. The Bertz CT molecular complexity index is 354. The van der Waals surface area contributed by atoms with Crippen LogP contribution in [0.3, 0.4) is 0 Å². The van der Waals surface area contributed by atoms with Crippen LogP contribution in [0.1, 0.15) is 25.3 Å². The first kappa shape index (κ1) is 11.5. The lowest BCUT2D eigenvalue weighted by Gasteiger charge is -2.01. The number of rotatable bonds is 5. The van der Waals surface area contributed by atoms with Crippen LogP contribution in [0, 0.1) is 0 Å². The van der Waals surface area contributed by atoms with Crippen molar-refractivity contribution in [2.75, 3.05) is 0 Å². The van der Waals surface area contributed by atoms with Crippen LogP contribution >= 0.6 is 0 Å². The summed E-state index contributed by atoms with van der Waals surface area (Å²) in [6.07, 6.45) is 4.00. The van der Waals surface area contributed by atoms with Gasteiger partial charge in [-0.2, -0.15) is 0 Å². The number of carbonyl (C=O) groups excluding carboxylic acids is 2. The van der Waals surface area contributed by atoms with E-state index in [1.807, 2.05) is 30.1 Å². The van der Waals surface area contributed by atoms with Crippen molar-refractivity contribution in [2.24, 2.45) is 7.05 Å². The van der Waals surface area contributed by atoms with E-state index in [-0.39, 0.29) is 18.8 Å². The molecule has 1 aromatic rings. The van der Waals surface area contributed by atoms with Crippen molar-refractivity contribution in [3.8, 4) is 0 Å². The minimum Gasteiger partial charge on any atom is -0.460 e. The van der Waals surface area contributed by atoms with Gasteiger partial charge in [0.25, 0.3) is 0 Å². The van der Waals surface area contributed by atoms with Crippen molar-refractivity contribution >= 4 is 11.8 Å². The van der Waals surface area contributed by atoms with E-state index in [0.717, 1.165) is 5.56 Å². The van der Waals surface area contributed by atoms with E-state index in [2.05, 4.69) is 0 Å². The first-order valence-electron chi connectivity index (χ1n) is 4.90. The van der Waals surface area contributed by atoms with Crippen molar-refractivity contribution in [1.29, 1.82) is 0 Å². The van der Waals surface area contributed by atoms with Gasteiger partial charge in [0.2, 0.25) is 0 Å². The second kappa shape index (κ2) is 5.34. The summed E-state index contributed by atoms with van der Waals surface area (Å²) in [5, 5.41) is 0. The van der Waals surface area contributed by atoms with Crippen molar-refractivity contribution < 1.29 is 14.3 Å². The number of nitrogens with zero attached hydrogens (tertiary/aromatic N) is 1. The molecule has 0 fully saturated rings. The fraction of sp³-hybridized carbons (Fsp3) is 0.455. The van der Waals surface area contributed by atoms with Crippen molar-refractivity contribution in [2.45, 2.75) is 26.4 Å². The lowest BCUT2D eigenvalue weighted by atomic mass is 10.2. The summed E-state index contributed by atoms with van der Waals surface area (Å²) in [5.41, 5.74) is 0.926. The molecule has 0 aliphatic carbocycles. The lowest BCUT2D eigenvalue weighted by Crippen LogP contribution is -2.10. The van der Waals surface area contributed by atoms with Gasteiger partial charge in [-0.05, 0) is 6.07 Å². The summed E-state index contributed by atoms with van der Waals surface area (Å²) >= 11 is 0. The van der Waals surface area contributed by atoms with E-state index in [4.69, 9.17) is 4.74 Å². The highest BCUT2D eigenvalue weighted by Crippen LogP contribution is 2.03. The quantitative estimate of drug-likeness (QED) is 0.544. The predicted molar refractivity (Wildman–Crippen MR) is 55.1 cm³/mol. The molecule has 0 radical (unpaired) electrons. The molecule has 1 aromatic heterocycles. The minimum absolute atomic E-state index is 0.0898. The van der Waals surface area contributed by atoms with Crippen LogP contribution in [-0.2, 0) is 28.0 Å². The maximum atomic E-state index is 11.1. The van der Waals surface area contributed by atoms with Gasteiger partial charge in [-0.15, -0.1) is 0 Å². The highest BCUT2D eigenvalue weighted by Gasteiger charge is 2.08. The second-order valence-corrected chi connectivity index (χ2v) is 3.41. The van der Waals surface area contributed by atoms with E-state index in [9.17, 15) is 9.59 Å². The summed E-state index contributed by atoms with van der Waals surface area (Å²) in [4.78, 5) is 22.1. The number of hydrogen-bond acceptors (Lipinski definition) is 3. The Kier molecular flexibility index (Phi) is 4.09. The van der Waals surface area contributed by atoms with Crippen molar-refractivity contribution in [3.05, 3.63) is 24.0 Å². The normalized spacial score (nSPS) is 10.0.